The highest BCUT2D eigenvalue weighted by Gasteiger charge is 2.31. The summed E-state index contributed by atoms with van der Waals surface area (Å²) in [5.74, 6) is 0.903. The first kappa shape index (κ1) is 17.5. The first-order valence-corrected chi connectivity index (χ1v) is 10.4. The van der Waals surface area contributed by atoms with Gasteiger partial charge in [0, 0.05) is 29.4 Å². The van der Waals surface area contributed by atoms with E-state index in [4.69, 9.17) is 16.6 Å². The highest BCUT2D eigenvalue weighted by molar-refractivity contribution is 6.30. The molecule has 1 aromatic heterocycles. The fourth-order valence-corrected chi connectivity index (χ4v) is 4.51. The first-order chi connectivity index (χ1) is 13.7. The lowest BCUT2D eigenvalue weighted by Crippen LogP contribution is -2.30. The quantitative estimate of drug-likeness (QED) is 0.607. The molecule has 0 aliphatic carbocycles. The van der Waals surface area contributed by atoms with Gasteiger partial charge in [-0.3, -0.25) is 4.79 Å². The number of nitrogens with zero attached hydrogens (tertiary/aromatic N) is 3. The Kier molecular flexibility index (Phi) is 4.44. The maximum absolute atomic E-state index is 13.5. The van der Waals surface area contributed by atoms with Crippen LogP contribution in [0.4, 0.5) is 5.69 Å². The van der Waals surface area contributed by atoms with Crippen molar-refractivity contribution < 1.29 is 4.79 Å². The molecule has 3 aromatic rings. The van der Waals surface area contributed by atoms with E-state index in [2.05, 4.69) is 10.6 Å². The van der Waals surface area contributed by atoms with Crippen LogP contribution in [0.5, 0.6) is 0 Å². The van der Waals surface area contributed by atoms with Crippen molar-refractivity contribution in [2.75, 3.05) is 11.4 Å². The highest BCUT2D eigenvalue weighted by Crippen LogP contribution is 2.32. The average Bonchev–Trinajstić information content (AvgIpc) is 3.22. The van der Waals surface area contributed by atoms with E-state index in [1.165, 1.54) is 12.0 Å². The third-order valence-corrected chi connectivity index (χ3v) is 6.06. The molecule has 2 aromatic carbocycles. The van der Waals surface area contributed by atoms with Gasteiger partial charge in [-0.25, -0.2) is 4.98 Å². The van der Waals surface area contributed by atoms with Gasteiger partial charge >= 0.3 is 0 Å². The molecule has 5 rings (SSSR count). The predicted octanol–water partition coefficient (Wildman–Crippen LogP) is 5.13. The van der Waals surface area contributed by atoms with Crippen LogP contribution >= 0.6 is 11.6 Å². The molecular weight excluding hydrogens is 370 g/mol. The summed E-state index contributed by atoms with van der Waals surface area (Å²) in [6.45, 7) is 1.63. The normalized spacial score (nSPS) is 15.8. The largest absolute Gasteiger partial charge is 0.327 e. The SMILES string of the molecule is O=C(c1nc(-c2ccc(Cl)cc2)n2c1CCCCC2)N1CCc2ccccc21. The molecule has 3 heterocycles. The summed E-state index contributed by atoms with van der Waals surface area (Å²) < 4.78 is 2.26. The van der Waals surface area contributed by atoms with Crippen LogP contribution in [0, 0.1) is 0 Å². The van der Waals surface area contributed by atoms with Crippen LogP contribution in [-0.4, -0.2) is 22.0 Å². The van der Waals surface area contributed by atoms with Crippen LogP contribution in [0.15, 0.2) is 48.5 Å². The van der Waals surface area contributed by atoms with Gasteiger partial charge in [0.25, 0.3) is 5.91 Å². The Morgan fingerprint density at radius 3 is 2.61 bits per heavy atom. The molecule has 0 saturated heterocycles. The van der Waals surface area contributed by atoms with Gasteiger partial charge in [-0.2, -0.15) is 0 Å². The second-order valence-electron chi connectivity index (χ2n) is 7.54. The van der Waals surface area contributed by atoms with Gasteiger partial charge < -0.3 is 9.47 Å². The van der Waals surface area contributed by atoms with E-state index in [0.29, 0.717) is 10.7 Å². The van der Waals surface area contributed by atoms with E-state index >= 15 is 0 Å². The summed E-state index contributed by atoms with van der Waals surface area (Å²) in [6.07, 6.45) is 5.20. The Labute approximate surface area is 169 Å². The fourth-order valence-electron chi connectivity index (χ4n) is 4.39. The number of anilines is 1. The van der Waals surface area contributed by atoms with Crippen molar-refractivity contribution in [2.24, 2.45) is 0 Å². The van der Waals surface area contributed by atoms with E-state index in [-0.39, 0.29) is 5.91 Å². The van der Waals surface area contributed by atoms with E-state index in [1.807, 2.05) is 47.4 Å². The molecule has 1 amide bonds. The molecule has 0 spiro atoms. The number of amides is 1. The molecule has 0 radical (unpaired) electrons. The van der Waals surface area contributed by atoms with Crippen molar-refractivity contribution in [1.29, 1.82) is 0 Å². The molecule has 142 valence electrons. The van der Waals surface area contributed by atoms with E-state index in [0.717, 1.165) is 61.5 Å². The third-order valence-electron chi connectivity index (χ3n) is 5.81. The Balaban J connectivity index is 1.60. The second kappa shape index (κ2) is 7.10. The zero-order valence-corrected chi connectivity index (χ0v) is 16.5. The smallest absolute Gasteiger partial charge is 0.278 e. The number of hydrogen-bond donors (Lipinski definition) is 0. The van der Waals surface area contributed by atoms with E-state index in [9.17, 15) is 4.79 Å². The standard InChI is InChI=1S/C23H22ClN3O/c24-18-11-9-17(10-12-18)22-25-21(20-8-2-1-5-14-26(20)22)23(28)27-15-13-16-6-3-4-7-19(16)27/h3-4,6-7,9-12H,1-2,5,8,13-15H2. The van der Waals surface area contributed by atoms with Crippen molar-refractivity contribution in [3.8, 4) is 11.4 Å². The molecule has 5 heteroatoms. The van der Waals surface area contributed by atoms with E-state index < -0.39 is 0 Å². The fraction of sp³-hybridized carbons (Fsp3) is 0.304. The number of fused-ring (bicyclic) bond motifs is 2. The molecule has 4 nitrogen and oxygen atoms in total. The zero-order valence-electron chi connectivity index (χ0n) is 15.7. The number of carbonyl (C=O) groups is 1. The molecule has 2 aliphatic heterocycles. The molecule has 0 fully saturated rings. The summed E-state index contributed by atoms with van der Waals surface area (Å²) in [5.41, 5.74) is 4.96. The Hall–Kier alpha value is -2.59. The molecule has 0 bridgehead atoms. The van der Waals surface area contributed by atoms with Crippen LogP contribution in [-0.2, 0) is 19.4 Å². The lowest BCUT2D eigenvalue weighted by molar-refractivity contribution is 0.0984. The van der Waals surface area contributed by atoms with Crippen molar-refractivity contribution in [3.05, 3.63) is 70.5 Å². The van der Waals surface area contributed by atoms with Crippen molar-refractivity contribution >= 4 is 23.2 Å². The predicted molar refractivity (Wildman–Crippen MR) is 112 cm³/mol. The molecule has 0 N–H and O–H groups in total. The minimum absolute atomic E-state index is 0.0239. The van der Waals surface area contributed by atoms with Crippen LogP contribution in [0.3, 0.4) is 0 Å². The van der Waals surface area contributed by atoms with Gasteiger partial charge in [-0.15, -0.1) is 0 Å². The molecular formula is C23H22ClN3O. The average molecular weight is 392 g/mol. The van der Waals surface area contributed by atoms with Gasteiger partial charge in [-0.1, -0.05) is 36.2 Å². The van der Waals surface area contributed by atoms with Gasteiger partial charge in [0.15, 0.2) is 5.69 Å². The summed E-state index contributed by atoms with van der Waals surface area (Å²) in [4.78, 5) is 20.3. The lowest BCUT2D eigenvalue weighted by Gasteiger charge is -2.17. The maximum atomic E-state index is 13.5. The number of carbonyl (C=O) groups excluding carboxylic acids is 1. The molecule has 0 unspecified atom stereocenters. The number of halogens is 1. The van der Waals surface area contributed by atoms with Gasteiger partial charge in [-0.05, 0) is 61.6 Å². The zero-order chi connectivity index (χ0) is 19.1. The monoisotopic (exact) mass is 391 g/mol. The van der Waals surface area contributed by atoms with Gasteiger partial charge in [0.1, 0.15) is 5.82 Å². The van der Waals surface area contributed by atoms with Crippen LogP contribution in [0.2, 0.25) is 5.02 Å². The number of benzene rings is 2. The van der Waals surface area contributed by atoms with Crippen molar-refractivity contribution in [2.45, 2.75) is 38.6 Å². The minimum atomic E-state index is 0.0239. The van der Waals surface area contributed by atoms with E-state index in [1.54, 1.807) is 0 Å². The van der Waals surface area contributed by atoms with Crippen molar-refractivity contribution in [1.82, 2.24) is 9.55 Å². The summed E-state index contributed by atoms with van der Waals surface area (Å²) >= 11 is 6.07. The second-order valence-corrected chi connectivity index (χ2v) is 7.97. The summed E-state index contributed by atoms with van der Waals surface area (Å²) in [7, 11) is 0. The number of hydrogen-bond acceptors (Lipinski definition) is 2. The third kappa shape index (κ3) is 2.92. The highest BCUT2D eigenvalue weighted by atomic mass is 35.5. The topological polar surface area (TPSA) is 38.1 Å². The number of para-hydroxylation sites is 1. The lowest BCUT2D eigenvalue weighted by atomic mass is 10.1. The molecule has 0 atom stereocenters. The Bertz CT molecular complexity index is 1040. The number of aromatic nitrogens is 2. The van der Waals surface area contributed by atoms with Crippen LogP contribution in [0.25, 0.3) is 11.4 Å². The Morgan fingerprint density at radius 2 is 1.75 bits per heavy atom. The first-order valence-electron chi connectivity index (χ1n) is 9.97. The van der Waals surface area contributed by atoms with Gasteiger partial charge in [0.2, 0.25) is 0 Å². The summed E-state index contributed by atoms with van der Waals surface area (Å²) in [5, 5.41) is 0.705. The van der Waals surface area contributed by atoms with Gasteiger partial charge in [0.05, 0.1) is 5.69 Å². The minimum Gasteiger partial charge on any atom is -0.327 e. The molecule has 28 heavy (non-hydrogen) atoms. The number of rotatable bonds is 2. The van der Waals surface area contributed by atoms with Crippen LogP contribution < -0.4 is 4.90 Å². The number of imidazole rings is 1. The van der Waals surface area contributed by atoms with Crippen LogP contribution in [0.1, 0.15) is 41.0 Å². The molecule has 2 aliphatic rings. The molecule has 0 saturated carbocycles. The maximum Gasteiger partial charge on any atom is 0.278 e. The summed E-state index contributed by atoms with van der Waals surface area (Å²) in [6, 6.07) is 15.9. The Morgan fingerprint density at radius 1 is 0.929 bits per heavy atom. The van der Waals surface area contributed by atoms with Crippen molar-refractivity contribution in [3.63, 3.8) is 0 Å².